The first kappa shape index (κ1) is 25.4. The number of nitrogens with zero attached hydrogens (tertiary/aromatic N) is 1. The molecule has 0 aliphatic carbocycles. The van der Waals surface area contributed by atoms with Crippen LogP contribution in [0.3, 0.4) is 0 Å². The molecule has 0 unspecified atom stereocenters. The minimum Gasteiger partial charge on any atom is -0.495 e. The van der Waals surface area contributed by atoms with Gasteiger partial charge < -0.3 is 24.1 Å². The standard InChI is InChI=1S/C25H22ClNO8S/c1-33-22-13-19-21(14-20(22)27(11-12-28)36(2,31)32)35-24(23(19)25(29)30)15-3-7-17(8-4-15)34-18-9-5-16(26)6-10-18/h3-10,13-14,28H,11-12H2,1-2H3,(H,29,30). The number of carboxylic acid groups (broad SMARTS) is 1. The highest BCUT2D eigenvalue weighted by molar-refractivity contribution is 7.92. The Labute approximate surface area is 212 Å². The highest BCUT2D eigenvalue weighted by atomic mass is 35.5. The van der Waals surface area contributed by atoms with E-state index in [1.54, 1.807) is 48.5 Å². The molecule has 1 heterocycles. The van der Waals surface area contributed by atoms with Crippen LogP contribution in [0, 0.1) is 0 Å². The molecule has 0 saturated carbocycles. The fraction of sp³-hybridized carbons (Fsp3) is 0.160. The zero-order chi connectivity index (χ0) is 26.0. The molecule has 3 aromatic carbocycles. The van der Waals surface area contributed by atoms with Crippen LogP contribution in [0.2, 0.25) is 5.02 Å². The normalized spacial score (nSPS) is 11.4. The third-order valence-electron chi connectivity index (χ3n) is 5.34. The molecular formula is C25H22ClNO8S. The minimum absolute atomic E-state index is 0.0859. The Bertz CT molecular complexity index is 1510. The second kappa shape index (κ2) is 10.1. The van der Waals surface area contributed by atoms with E-state index in [1.165, 1.54) is 19.2 Å². The molecule has 0 aliphatic rings. The van der Waals surface area contributed by atoms with Crippen LogP contribution in [0.1, 0.15) is 10.4 Å². The number of hydrogen-bond donors (Lipinski definition) is 2. The second-order valence-electron chi connectivity index (χ2n) is 7.77. The molecule has 11 heteroatoms. The van der Waals surface area contributed by atoms with E-state index in [9.17, 15) is 23.4 Å². The van der Waals surface area contributed by atoms with Gasteiger partial charge in [-0.1, -0.05) is 11.6 Å². The van der Waals surface area contributed by atoms with Gasteiger partial charge in [0.05, 0.1) is 32.2 Å². The molecule has 0 amide bonds. The van der Waals surface area contributed by atoms with Gasteiger partial charge in [-0.25, -0.2) is 13.2 Å². The van der Waals surface area contributed by atoms with Gasteiger partial charge >= 0.3 is 5.97 Å². The van der Waals surface area contributed by atoms with Crippen molar-refractivity contribution in [1.82, 2.24) is 0 Å². The van der Waals surface area contributed by atoms with Gasteiger partial charge in [-0.2, -0.15) is 0 Å². The fourth-order valence-electron chi connectivity index (χ4n) is 3.76. The molecule has 36 heavy (non-hydrogen) atoms. The lowest BCUT2D eigenvalue weighted by atomic mass is 10.0. The number of fused-ring (bicyclic) bond motifs is 1. The summed E-state index contributed by atoms with van der Waals surface area (Å²) >= 11 is 5.90. The summed E-state index contributed by atoms with van der Waals surface area (Å²) in [6.45, 7) is -0.641. The summed E-state index contributed by atoms with van der Waals surface area (Å²) < 4.78 is 42.7. The number of anilines is 1. The Morgan fingerprint density at radius 1 is 1.06 bits per heavy atom. The van der Waals surface area contributed by atoms with Crippen molar-refractivity contribution < 1.29 is 37.3 Å². The van der Waals surface area contributed by atoms with E-state index < -0.39 is 22.6 Å². The van der Waals surface area contributed by atoms with E-state index >= 15 is 0 Å². The number of halogens is 1. The molecule has 1 aromatic heterocycles. The van der Waals surface area contributed by atoms with Gasteiger partial charge in [-0.3, -0.25) is 4.31 Å². The lowest BCUT2D eigenvalue weighted by molar-refractivity contribution is 0.0699. The largest absolute Gasteiger partial charge is 0.495 e. The second-order valence-corrected chi connectivity index (χ2v) is 10.1. The van der Waals surface area contributed by atoms with Crippen molar-refractivity contribution in [3.8, 4) is 28.6 Å². The van der Waals surface area contributed by atoms with E-state index in [1.807, 2.05) is 0 Å². The molecule has 0 aliphatic heterocycles. The number of aliphatic hydroxyl groups is 1. The number of aliphatic hydroxyl groups excluding tert-OH is 1. The van der Waals surface area contributed by atoms with E-state index in [-0.39, 0.29) is 40.3 Å². The van der Waals surface area contributed by atoms with Crippen molar-refractivity contribution in [1.29, 1.82) is 0 Å². The van der Waals surface area contributed by atoms with Crippen LogP contribution in [-0.4, -0.2) is 51.1 Å². The Morgan fingerprint density at radius 2 is 1.67 bits per heavy atom. The Balaban J connectivity index is 1.79. The predicted octanol–water partition coefficient (Wildman–Crippen LogP) is 5.01. The lowest BCUT2D eigenvalue weighted by Gasteiger charge is -2.23. The molecular weight excluding hydrogens is 510 g/mol. The molecule has 4 aromatic rings. The number of carboxylic acids is 1. The Hall–Kier alpha value is -3.73. The summed E-state index contributed by atoms with van der Waals surface area (Å²) in [4.78, 5) is 12.2. The van der Waals surface area contributed by atoms with Crippen molar-refractivity contribution in [2.45, 2.75) is 0 Å². The maximum Gasteiger partial charge on any atom is 0.340 e. The molecule has 4 rings (SSSR count). The summed E-state index contributed by atoms with van der Waals surface area (Å²) in [7, 11) is -2.43. The minimum atomic E-state index is -3.77. The van der Waals surface area contributed by atoms with Gasteiger partial charge in [0.25, 0.3) is 0 Å². The average molecular weight is 532 g/mol. The summed E-state index contributed by atoms with van der Waals surface area (Å²) in [6, 6.07) is 16.3. The zero-order valence-electron chi connectivity index (χ0n) is 19.3. The van der Waals surface area contributed by atoms with E-state index in [0.717, 1.165) is 10.6 Å². The molecule has 0 bridgehead atoms. The van der Waals surface area contributed by atoms with Crippen molar-refractivity contribution in [3.63, 3.8) is 0 Å². The van der Waals surface area contributed by atoms with Gasteiger partial charge in [0.15, 0.2) is 0 Å². The summed E-state index contributed by atoms with van der Waals surface area (Å²) in [5.41, 5.74) is 0.633. The molecule has 188 valence electrons. The zero-order valence-corrected chi connectivity index (χ0v) is 20.8. The number of rotatable bonds is 9. The molecule has 0 atom stereocenters. The SMILES string of the molecule is COc1cc2c(C(=O)O)c(-c3ccc(Oc4ccc(Cl)cc4)cc3)oc2cc1N(CCO)S(C)(=O)=O. The third-order valence-corrected chi connectivity index (χ3v) is 6.77. The number of benzene rings is 3. The van der Waals surface area contributed by atoms with Crippen LogP contribution in [0.15, 0.2) is 65.1 Å². The van der Waals surface area contributed by atoms with Gasteiger partial charge in [-0.15, -0.1) is 0 Å². The highest BCUT2D eigenvalue weighted by Gasteiger charge is 2.27. The van der Waals surface area contributed by atoms with Crippen LogP contribution >= 0.6 is 11.6 Å². The maximum atomic E-state index is 12.3. The first-order chi connectivity index (χ1) is 17.1. The third kappa shape index (κ3) is 5.11. The molecule has 0 radical (unpaired) electrons. The molecule has 0 fully saturated rings. The fourth-order valence-corrected chi connectivity index (χ4v) is 4.79. The van der Waals surface area contributed by atoms with Crippen molar-refractivity contribution >= 4 is 44.3 Å². The lowest BCUT2D eigenvalue weighted by Crippen LogP contribution is -2.32. The Kier molecular flexibility index (Phi) is 7.11. The molecule has 2 N–H and O–H groups in total. The first-order valence-corrected chi connectivity index (χ1v) is 12.8. The Morgan fingerprint density at radius 3 is 2.19 bits per heavy atom. The number of ether oxygens (including phenoxy) is 2. The highest BCUT2D eigenvalue weighted by Crippen LogP contribution is 2.41. The van der Waals surface area contributed by atoms with Crippen LogP contribution < -0.4 is 13.8 Å². The number of hydrogen-bond acceptors (Lipinski definition) is 7. The monoisotopic (exact) mass is 531 g/mol. The van der Waals surface area contributed by atoms with Crippen molar-refractivity contribution in [2.24, 2.45) is 0 Å². The van der Waals surface area contributed by atoms with Crippen LogP contribution in [-0.2, 0) is 10.0 Å². The molecule has 9 nitrogen and oxygen atoms in total. The number of furan rings is 1. The topological polar surface area (TPSA) is 127 Å². The smallest absolute Gasteiger partial charge is 0.340 e. The van der Waals surface area contributed by atoms with Gasteiger partial charge in [0.1, 0.15) is 34.2 Å². The molecule has 0 spiro atoms. The number of methoxy groups -OCH3 is 1. The number of sulfonamides is 1. The summed E-state index contributed by atoms with van der Waals surface area (Å²) in [5.74, 6) is 0.0759. The summed E-state index contributed by atoms with van der Waals surface area (Å²) in [5, 5.41) is 20.2. The van der Waals surface area contributed by atoms with Crippen molar-refractivity contribution in [2.75, 3.05) is 30.8 Å². The van der Waals surface area contributed by atoms with Gasteiger partial charge in [0.2, 0.25) is 10.0 Å². The molecule has 0 saturated heterocycles. The van der Waals surface area contributed by atoms with E-state index in [4.69, 9.17) is 25.5 Å². The predicted molar refractivity (Wildman–Crippen MR) is 136 cm³/mol. The van der Waals surface area contributed by atoms with E-state index in [0.29, 0.717) is 22.1 Å². The number of aromatic carboxylic acids is 1. The summed E-state index contributed by atoms with van der Waals surface area (Å²) in [6.07, 6.45) is 0.996. The van der Waals surface area contributed by atoms with E-state index in [2.05, 4.69) is 0 Å². The van der Waals surface area contributed by atoms with Crippen LogP contribution in [0.4, 0.5) is 5.69 Å². The average Bonchev–Trinajstić information content (AvgIpc) is 3.21. The van der Waals surface area contributed by atoms with Gasteiger partial charge in [-0.05, 0) is 54.6 Å². The number of carbonyl (C=O) groups is 1. The maximum absolute atomic E-state index is 12.3. The van der Waals surface area contributed by atoms with Crippen LogP contribution in [0.25, 0.3) is 22.3 Å². The quantitative estimate of drug-likeness (QED) is 0.308. The van der Waals surface area contributed by atoms with Crippen LogP contribution in [0.5, 0.6) is 17.2 Å². The van der Waals surface area contributed by atoms with Crippen molar-refractivity contribution in [3.05, 3.63) is 71.2 Å². The van der Waals surface area contributed by atoms with Gasteiger partial charge in [0, 0.05) is 22.0 Å². The first-order valence-electron chi connectivity index (χ1n) is 10.6.